The molecule has 0 radical (unpaired) electrons. The zero-order valence-corrected chi connectivity index (χ0v) is 13.8. The normalized spacial score (nSPS) is 12.0. The van der Waals surface area contributed by atoms with Crippen molar-refractivity contribution in [2.75, 3.05) is 0 Å². The van der Waals surface area contributed by atoms with Gasteiger partial charge in [0.1, 0.15) is 0 Å². The van der Waals surface area contributed by atoms with Gasteiger partial charge >= 0.3 is 0 Å². The summed E-state index contributed by atoms with van der Waals surface area (Å²) in [7, 11) is 0. The van der Waals surface area contributed by atoms with Crippen LogP contribution < -0.4 is 0 Å². The molecular weight excluding hydrogens is 280 g/mol. The minimum atomic E-state index is 1.37. The Labute approximate surface area is 126 Å². The van der Waals surface area contributed by atoms with Crippen LogP contribution in [0, 0.1) is 27.7 Å². The highest BCUT2D eigenvalue weighted by Gasteiger charge is 2.10. The number of hydrogen-bond acceptors (Lipinski definition) is 2. The van der Waals surface area contributed by atoms with Crippen LogP contribution in [-0.2, 0) is 0 Å². The summed E-state index contributed by atoms with van der Waals surface area (Å²) in [6, 6.07) is 9.46. The predicted octanol–water partition coefficient (Wildman–Crippen LogP) is 6.50. The van der Waals surface area contributed by atoms with Gasteiger partial charge in [0, 0.05) is 19.2 Å². The van der Waals surface area contributed by atoms with Crippen molar-refractivity contribution < 1.29 is 0 Å². The number of rotatable bonds is 0. The first-order chi connectivity index (χ1) is 9.54. The molecule has 0 bridgehead atoms. The van der Waals surface area contributed by atoms with Crippen LogP contribution in [0.5, 0.6) is 0 Å². The highest BCUT2D eigenvalue weighted by Crippen LogP contribution is 2.37. The summed E-state index contributed by atoms with van der Waals surface area (Å²) in [5.41, 5.74) is 2.87. The van der Waals surface area contributed by atoms with Crippen molar-refractivity contribution >= 4 is 53.6 Å². The van der Waals surface area contributed by atoms with E-state index in [1.165, 1.54) is 51.8 Å². The van der Waals surface area contributed by atoms with Crippen LogP contribution in [0.2, 0.25) is 0 Å². The third-order valence-corrected chi connectivity index (χ3v) is 6.77. The zero-order chi connectivity index (χ0) is 14.0. The largest absolute Gasteiger partial charge is 0.140 e. The molecule has 4 aromatic rings. The van der Waals surface area contributed by atoms with Gasteiger partial charge in [-0.05, 0) is 84.6 Å². The van der Waals surface area contributed by atoms with Crippen molar-refractivity contribution in [3.63, 3.8) is 0 Å². The summed E-state index contributed by atoms with van der Waals surface area (Å²) in [6.07, 6.45) is 0. The van der Waals surface area contributed by atoms with Crippen molar-refractivity contribution in [1.82, 2.24) is 0 Å². The summed E-state index contributed by atoms with van der Waals surface area (Å²) in [4.78, 5) is 2.87. The molecule has 4 rings (SSSR count). The first-order valence-electron chi connectivity index (χ1n) is 6.88. The third kappa shape index (κ3) is 1.58. The topological polar surface area (TPSA) is 0 Å². The van der Waals surface area contributed by atoms with E-state index >= 15 is 0 Å². The molecule has 20 heavy (non-hydrogen) atoms. The lowest BCUT2D eigenvalue weighted by atomic mass is 10.0. The van der Waals surface area contributed by atoms with Crippen LogP contribution in [0.1, 0.15) is 20.9 Å². The fourth-order valence-corrected chi connectivity index (χ4v) is 5.13. The zero-order valence-electron chi connectivity index (χ0n) is 12.1. The second-order valence-corrected chi connectivity index (χ2v) is 8.12. The Bertz CT molecular complexity index is 902. The average molecular weight is 296 g/mol. The maximum Gasteiger partial charge on any atom is 0.0354 e. The molecule has 0 nitrogen and oxygen atoms in total. The molecule has 0 unspecified atom stereocenters. The number of hydrogen-bond donors (Lipinski definition) is 0. The summed E-state index contributed by atoms with van der Waals surface area (Å²) >= 11 is 3.82. The van der Waals surface area contributed by atoms with Gasteiger partial charge in [-0.3, -0.25) is 0 Å². The SMILES string of the molecule is Cc1sc2cc3cc4c(C)c(C)sc4cc3cc2c1C. The Balaban J connectivity index is 2.18. The van der Waals surface area contributed by atoms with E-state index in [2.05, 4.69) is 52.0 Å². The number of thiophene rings is 2. The lowest BCUT2D eigenvalue weighted by Gasteiger charge is -2.01. The molecule has 0 N–H and O–H groups in total. The first kappa shape index (κ1) is 12.4. The summed E-state index contributed by atoms with van der Waals surface area (Å²) < 4.78 is 2.83. The monoisotopic (exact) mass is 296 g/mol. The average Bonchev–Trinajstić information content (AvgIpc) is 2.84. The van der Waals surface area contributed by atoms with Crippen LogP contribution >= 0.6 is 22.7 Å². The fourth-order valence-electron chi connectivity index (χ4n) is 2.93. The molecule has 0 fully saturated rings. The molecule has 100 valence electrons. The van der Waals surface area contributed by atoms with E-state index < -0.39 is 0 Å². The Morgan fingerprint density at radius 3 is 1.40 bits per heavy atom. The maximum atomic E-state index is 2.37. The molecule has 2 heteroatoms. The fraction of sp³-hybridized carbons (Fsp3) is 0.222. The lowest BCUT2D eigenvalue weighted by Crippen LogP contribution is -1.76. The Hall–Kier alpha value is -1.38. The van der Waals surface area contributed by atoms with Crippen LogP contribution in [0.25, 0.3) is 30.9 Å². The van der Waals surface area contributed by atoms with Gasteiger partial charge in [0.15, 0.2) is 0 Å². The molecule has 0 atom stereocenters. The molecule has 2 aromatic heterocycles. The molecule has 0 spiro atoms. The van der Waals surface area contributed by atoms with Crippen molar-refractivity contribution in [2.45, 2.75) is 27.7 Å². The van der Waals surface area contributed by atoms with Crippen molar-refractivity contribution in [2.24, 2.45) is 0 Å². The maximum absolute atomic E-state index is 2.37. The Morgan fingerprint density at radius 2 is 1.00 bits per heavy atom. The highest BCUT2D eigenvalue weighted by atomic mass is 32.1. The van der Waals surface area contributed by atoms with Crippen molar-refractivity contribution in [1.29, 1.82) is 0 Å². The Kier molecular flexibility index (Phi) is 2.51. The van der Waals surface area contributed by atoms with E-state index in [0.717, 1.165) is 0 Å². The van der Waals surface area contributed by atoms with Gasteiger partial charge in [-0.2, -0.15) is 0 Å². The van der Waals surface area contributed by atoms with Gasteiger partial charge in [-0.15, -0.1) is 22.7 Å². The van der Waals surface area contributed by atoms with E-state index in [-0.39, 0.29) is 0 Å². The molecule has 0 amide bonds. The minimum absolute atomic E-state index is 1.37. The number of benzene rings is 2. The summed E-state index contributed by atoms with van der Waals surface area (Å²) in [5.74, 6) is 0. The molecule has 0 saturated carbocycles. The lowest BCUT2D eigenvalue weighted by molar-refractivity contribution is 1.47. The molecule has 0 aliphatic carbocycles. The van der Waals surface area contributed by atoms with Gasteiger partial charge in [-0.1, -0.05) is 0 Å². The molecule has 0 aliphatic heterocycles. The van der Waals surface area contributed by atoms with Crippen LogP contribution in [0.3, 0.4) is 0 Å². The van der Waals surface area contributed by atoms with E-state index in [0.29, 0.717) is 0 Å². The van der Waals surface area contributed by atoms with Gasteiger partial charge in [0.25, 0.3) is 0 Å². The van der Waals surface area contributed by atoms with Gasteiger partial charge < -0.3 is 0 Å². The second-order valence-electron chi connectivity index (χ2n) is 5.61. The Morgan fingerprint density at radius 1 is 0.600 bits per heavy atom. The summed E-state index contributed by atoms with van der Waals surface area (Å²) in [5, 5.41) is 5.58. The number of aryl methyl sites for hydroxylation is 4. The van der Waals surface area contributed by atoms with Crippen LogP contribution in [-0.4, -0.2) is 0 Å². The van der Waals surface area contributed by atoms with Crippen molar-refractivity contribution in [3.05, 3.63) is 45.1 Å². The number of fused-ring (bicyclic) bond motifs is 3. The summed E-state index contributed by atoms with van der Waals surface area (Å²) in [6.45, 7) is 8.91. The van der Waals surface area contributed by atoms with Crippen molar-refractivity contribution in [3.8, 4) is 0 Å². The molecule has 0 aliphatic rings. The minimum Gasteiger partial charge on any atom is -0.140 e. The molecular formula is C18H16S2. The predicted molar refractivity (Wildman–Crippen MR) is 93.7 cm³/mol. The third-order valence-electron chi connectivity index (χ3n) is 4.43. The molecule has 0 saturated heterocycles. The van der Waals surface area contributed by atoms with E-state index in [4.69, 9.17) is 0 Å². The van der Waals surface area contributed by atoms with E-state index in [1.807, 2.05) is 22.7 Å². The highest BCUT2D eigenvalue weighted by molar-refractivity contribution is 7.19. The quantitative estimate of drug-likeness (QED) is 0.347. The van der Waals surface area contributed by atoms with Crippen LogP contribution in [0.15, 0.2) is 24.3 Å². The molecule has 2 heterocycles. The second kappa shape index (κ2) is 4.06. The van der Waals surface area contributed by atoms with E-state index in [9.17, 15) is 0 Å². The van der Waals surface area contributed by atoms with Crippen LogP contribution in [0.4, 0.5) is 0 Å². The van der Waals surface area contributed by atoms with Gasteiger partial charge in [0.05, 0.1) is 0 Å². The first-order valence-corrected chi connectivity index (χ1v) is 8.51. The van der Waals surface area contributed by atoms with Gasteiger partial charge in [-0.25, -0.2) is 0 Å². The standard InChI is InChI=1S/C18H16S2/c1-9-11(3)19-17-7-14-6-16-10(2)12(4)20-18(16)8-13(14)5-15(9)17/h5-8H,1-4H3. The van der Waals surface area contributed by atoms with E-state index in [1.54, 1.807) is 0 Å². The molecule has 2 aromatic carbocycles. The van der Waals surface area contributed by atoms with Gasteiger partial charge in [0.2, 0.25) is 0 Å². The smallest absolute Gasteiger partial charge is 0.0354 e.